The smallest absolute Gasteiger partial charge is 0.342 e. The molecule has 24 heavy (non-hydrogen) atoms. The standard InChI is InChI=1S/C19H13ClO4/c20-16-8-4-3-7-14(16)17(21)11-24-19(23)15-10-9-12-5-1-2-6-13(12)18(15)22/h1-10,22H,11H2. The molecule has 0 radical (unpaired) electrons. The number of carbonyl (C=O) groups excluding carboxylic acids is 2. The van der Waals surface area contributed by atoms with Crippen LogP contribution in [0.4, 0.5) is 0 Å². The van der Waals surface area contributed by atoms with Crippen molar-refractivity contribution in [3.05, 3.63) is 76.8 Å². The van der Waals surface area contributed by atoms with E-state index in [1.807, 2.05) is 12.1 Å². The van der Waals surface area contributed by atoms with E-state index < -0.39 is 18.4 Å². The lowest BCUT2D eigenvalue weighted by Crippen LogP contribution is -2.14. The maximum atomic E-state index is 12.2. The molecule has 3 aromatic carbocycles. The van der Waals surface area contributed by atoms with Crippen LogP contribution >= 0.6 is 11.6 Å². The number of ether oxygens (including phenoxy) is 1. The highest BCUT2D eigenvalue weighted by Crippen LogP contribution is 2.29. The van der Waals surface area contributed by atoms with E-state index in [0.29, 0.717) is 10.4 Å². The number of fused-ring (bicyclic) bond motifs is 1. The minimum atomic E-state index is -0.765. The van der Waals surface area contributed by atoms with Gasteiger partial charge in [-0.1, -0.05) is 54.1 Å². The van der Waals surface area contributed by atoms with E-state index in [4.69, 9.17) is 16.3 Å². The molecule has 0 spiro atoms. The average molecular weight is 341 g/mol. The first-order valence-corrected chi connectivity index (χ1v) is 7.61. The lowest BCUT2D eigenvalue weighted by molar-refractivity contribution is 0.0472. The molecule has 120 valence electrons. The molecular weight excluding hydrogens is 328 g/mol. The monoisotopic (exact) mass is 340 g/mol. The van der Waals surface area contributed by atoms with Crippen molar-refractivity contribution in [1.29, 1.82) is 0 Å². The first-order chi connectivity index (χ1) is 11.6. The number of aromatic hydroxyl groups is 1. The SMILES string of the molecule is O=C(COC(=O)c1ccc2ccccc2c1O)c1ccccc1Cl. The number of carbonyl (C=O) groups is 2. The van der Waals surface area contributed by atoms with Crippen molar-refractivity contribution in [3.63, 3.8) is 0 Å². The molecule has 0 aliphatic rings. The highest BCUT2D eigenvalue weighted by Gasteiger charge is 2.17. The minimum Gasteiger partial charge on any atom is -0.506 e. The number of phenols is 1. The highest BCUT2D eigenvalue weighted by molar-refractivity contribution is 6.34. The van der Waals surface area contributed by atoms with E-state index in [1.165, 1.54) is 6.07 Å². The zero-order valence-electron chi connectivity index (χ0n) is 12.5. The summed E-state index contributed by atoms with van der Waals surface area (Å²) in [7, 11) is 0. The van der Waals surface area contributed by atoms with Crippen LogP contribution in [0.25, 0.3) is 10.8 Å². The van der Waals surface area contributed by atoms with Crippen LogP contribution in [0.15, 0.2) is 60.7 Å². The number of hydrogen-bond donors (Lipinski definition) is 1. The van der Waals surface area contributed by atoms with Gasteiger partial charge < -0.3 is 9.84 Å². The Morgan fingerprint density at radius 1 is 0.917 bits per heavy atom. The zero-order chi connectivity index (χ0) is 17.1. The highest BCUT2D eigenvalue weighted by atomic mass is 35.5. The Hall–Kier alpha value is -2.85. The fraction of sp³-hybridized carbons (Fsp3) is 0.0526. The van der Waals surface area contributed by atoms with Gasteiger partial charge in [0.15, 0.2) is 6.61 Å². The molecular formula is C19H13ClO4. The van der Waals surface area contributed by atoms with Gasteiger partial charge in [0.05, 0.1) is 5.02 Å². The first-order valence-electron chi connectivity index (χ1n) is 7.23. The fourth-order valence-electron chi connectivity index (χ4n) is 2.39. The molecule has 0 amide bonds. The molecule has 1 N–H and O–H groups in total. The number of phenolic OH excluding ortho intramolecular Hbond substituents is 1. The third-order valence-electron chi connectivity index (χ3n) is 3.63. The summed E-state index contributed by atoms with van der Waals surface area (Å²) in [5, 5.41) is 11.9. The summed E-state index contributed by atoms with van der Waals surface area (Å²) >= 11 is 5.94. The second-order valence-electron chi connectivity index (χ2n) is 5.16. The molecule has 0 heterocycles. The lowest BCUT2D eigenvalue weighted by atomic mass is 10.1. The minimum absolute atomic E-state index is 0.0145. The molecule has 0 unspecified atom stereocenters. The molecule has 4 nitrogen and oxygen atoms in total. The summed E-state index contributed by atoms with van der Waals surface area (Å²) < 4.78 is 5.02. The summed E-state index contributed by atoms with van der Waals surface area (Å²) in [5.74, 6) is -1.34. The molecule has 0 aliphatic carbocycles. The molecule has 0 aromatic heterocycles. The van der Waals surface area contributed by atoms with Crippen molar-refractivity contribution in [1.82, 2.24) is 0 Å². The lowest BCUT2D eigenvalue weighted by Gasteiger charge is -2.08. The van der Waals surface area contributed by atoms with Crippen molar-refractivity contribution in [2.45, 2.75) is 0 Å². The van der Waals surface area contributed by atoms with Gasteiger partial charge in [-0.15, -0.1) is 0 Å². The summed E-state index contributed by atoms with van der Waals surface area (Å²) in [4.78, 5) is 24.2. The van der Waals surface area contributed by atoms with Crippen LogP contribution in [0.5, 0.6) is 5.75 Å². The number of Topliss-reactive ketones (excluding diaryl/α,β-unsaturated/α-hetero) is 1. The molecule has 3 aromatic rings. The van der Waals surface area contributed by atoms with Crippen molar-refractivity contribution >= 4 is 34.1 Å². The summed E-state index contributed by atoms with van der Waals surface area (Å²) in [6, 6.07) is 16.8. The Labute approximate surface area is 143 Å². The molecule has 5 heteroatoms. The van der Waals surface area contributed by atoms with Gasteiger partial charge >= 0.3 is 5.97 Å². The Morgan fingerprint density at radius 2 is 1.62 bits per heavy atom. The van der Waals surface area contributed by atoms with Crippen LogP contribution in [0.2, 0.25) is 5.02 Å². The van der Waals surface area contributed by atoms with Crippen molar-refractivity contribution in [2.24, 2.45) is 0 Å². The average Bonchev–Trinajstić information content (AvgIpc) is 2.60. The van der Waals surface area contributed by atoms with E-state index in [2.05, 4.69) is 0 Å². The van der Waals surface area contributed by atoms with Crippen LogP contribution < -0.4 is 0 Å². The summed E-state index contributed by atoms with van der Waals surface area (Å²) in [5.41, 5.74) is 0.301. The van der Waals surface area contributed by atoms with Crippen molar-refractivity contribution in [2.75, 3.05) is 6.61 Å². The number of rotatable bonds is 4. The topological polar surface area (TPSA) is 63.6 Å². The Morgan fingerprint density at radius 3 is 2.42 bits per heavy atom. The van der Waals surface area contributed by atoms with Crippen LogP contribution in [0.1, 0.15) is 20.7 Å². The molecule has 0 bridgehead atoms. The Balaban J connectivity index is 1.77. The molecule has 0 saturated heterocycles. The van der Waals surface area contributed by atoms with Crippen LogP contribution in [-0.2, 0) is 4.74 Å². The number of esters is 1. The molecule has 0 saturated carbocycles. The van der Waals surface area contributed by atoms with E-state index in [0.717, 1.165) is 5.39 Å². The van der Waals surface area contributed by atoms with Crippen molar-refractivity contribution < 1.29 is 19.4 Å². The van der Waals surface area contributed by atoms with E-state index in [-0.39, 0.29) is 16.9 Å². The largest absolute Gasteiger partial charge is 0.506 e. The molecule has 0 aliphatic heterocycles. The number of hydrogen-bond acceptors (Lipinski definition) is 4. The zero-order valence-corrected chi connectivity index (χ0v) is 13.3. The van der Waals surface area contributed by atoms with Gasteiger partial charge in [0.1, 0.15) is 11.3 Å². The molecule has 3 rings (SSSR count). The van der Waals surface area contributed by atoms with Gasteiger partial charge in [0, 0.05) is 10.9 Å². The van der Waals surface area contributed by atoms with Gasteiger partial charge in [-0.05, 0) is 23.6 Å². The van der Waals surface area contributed by atoms with Gasteiger partial charge in [-0.3, -0.25) is 4.79 Å². The maximum Gasteiger partial charge on any atom is 0.342 e. The molecule has 0 fully saturated rings. The van der Waals surface area contributed by atoms with Crippen LogP contribution in [0.3, 0.4) is 0 Å². The van der Waals surface area contributed by atoms with E-state index in [9.17, 15) is 14.7 Å². The summed E-state index contributed by atoms with van der Waals surface area (Å²) in [6.45, 7) is -0.450. The van der Waals surface area contributed by atoms with Crippen LogP contribution in [-0.4, -0.2) is 23.5 Å². The number of ketones is 1. The quantitative estimate of drug-likeness (QED) is 0.570. The van der Waals surface area contributed by atoms with E-state index >= 15 is 0 Å². The number of benzene rings is 3. The second-order valence-corrected chi connectivity index (χ2v) is 5.57. The predicted molar refractivity (Wildman–Crippen MR) is 91.7 cm³/mol. The molecule has 0 atom stereocenters. The Bertz CT molecular complexity index is 934. The first kappa shape index (κ1) is 16.0. The maximum absolute atomic E-state index is 12.2. The van der Waals surface area contributed by atoms with E-state index in [1.54, 1.807) is 42.5 Å². The third kappa shape index (κ3) is 3.09. The van der Waals surface area contributed by atoms with Crippen LogP contribution in [0, 0.1) is 0 Å². The van der Waals surface area contributed by atoms with Gasteiger partial charge in [-0.25, -0.2) is 4.79 Å². The van der Waals surface area contributed by atoms with Crippen molar-refractivity contribution in [3.8, 4) is 5.75 Å². The van der Waals surface area contributed by atoms with Gasteiger partial charge in [0.25, 0.3) is 0 Å². The third-order valence-corrected chi connectivity index (χ3v) is 3.96. The predicted octanol–water partition coefficient (Wildman–Crippen LogP) is 4.24. The second kappa shape index (κ2) is 6.72. The Kier molecular flexibility index (Phi) is 4.49. The number of halogens is 1. The van der Waals surface area contributed by atoms with Gasteiger partial charge in [-0.2, -0.15) is 0 Å². The fourth-order valence-corrected chi connectivity index (χ4v) is 2.63. The van der Waals surface area contributed by atoms with Gasteiger partial charge in [0.2, 0.25) is 5.78 Å². The normalized spacial score (nSPS) is 10.5. The summed E-state index contributed by atoms with van der Waals surface area (Å²) in [6.07, 6.45) is 0.